The number of hydrogen-bond acceptors (Lipinski definition) is 6. The Morgan fingerprint density at radius 2 is 1.74 bits per heavy atom. The molecule has 1 heterocycles. The molecule has 39 heavy (non-hydrogen) atoms. The van der Waals surface area contributed by atoms with Gasteiger partial charge in [0, 0.05) is 18.2 Å². The molecule has 0 unspecified atom stereocenters. The predicted octanol–water partition coefficient (Wildman–Crippen LogP) is 7.67. The number of carbonyl (C=O) groups is 1. The summed E-state index contributed by atoms with van der Waals surface area (Å²) in [7, 11) is 0. The lowest BCUT2D eigenvalue weighted by Gasteiger charge is -2.30. The van der Waals surface area contributed by atoms with E-state index in [9.17, 15) is 14.9 Å². The highest BCUT2D eigenvalue weighted by atomic mass is 32.2. The number of para-hydroxylation sites is 1. The van der Waals surface area contributed by atoms with Crippen molar-refractivity contribution < 1.29 is 14.5 Å². The van der Waals surface area contributed by atoms with Gasteiger partial charge in [0.05, 0.1) is 15.5 Å². The molecular formula is C31H31N3O4S. The van der Waals surface area contributed by atoms with Crippen LogP contribution in [0.2, 0.25) is 0 Å². The maximum absolute atomic E-state index is 13.6. The van der Waals surface area contributed by atoms with Crippen LogP contribution < -0.4 is 4.74 Å². The molecule has 1 saturated carbocycles. The summed E-state index contributed by atoms with van der Waals surface area (Å²) in [5.41, 5.74) is 3.90. The van der Waals surface area contributed by atoms with Gasteiger partial charge in [0.2, 0.25) is 0 Å². The normalized spacial score (nSPS) is 18.2. The van der Waals surface area contributed by atoms with Crippen LogP contribution in [-0.2, 0) is 17.8 Å². The van der Waals surface area contributed by atoms with Crippen LogP contribution in [0.1, 0.15) is 55.7 Å². The quantitative estimate of drug-likeness (QED) is 0.166. The van der Waals surface area contributed by atoms with Crippen molar-refractivity contribution in [3.63, 3.8) is 0 Å². The summed E-state index contributed by atoms with van der Waals surface area (Å²) in [6.07, 6.45) is 8.33. The fourth-order valence-electron chi connectivity index (χ4n) is 4.94. The molecule has 0 spiro atoms. The van der Waals surface area contributed by atoms with Crippen molar-refractivity contribution in [2.24, 2.45) is 4.99 Å². The molecule has 1 amide bonds. The number of thioether (sulfide) groups is 1. The third-order valence-electron chi connectivity index (χ3n) is 7.10. The van der Waals surface area contributed by atoms with Crippen LogP contribution >= 0.6 is 11.8 Å². The summed E-state index contributed by atoms with van der Waals surface area (Å²) in [5.74, 6) is 0.710. The van der Waals surface area contributed by atoms with E-state index < -0.39 is 4.92 Å². The number of carbonyl (C=O) groups excluding carboxylic acids is 1. The van der Waals surface area contributed by atoms with Gasteiger partial charge in [-0.2, -0.15) is 0 Å². The fourth-order valence-corrected chi connectivity index (χ4v) is 5.99. The molecule has 200 valence electrons. The number of ether oxygens (including phenoxy) is 1. The Hall–Kier alpha value is -3.91. The first-order chi connectivity index (χ1) is 19.0. The van der Waals surface area contributed by atoms with Crippen LogP contribution in [0.4, 0.5) is 11.4 Å². The molecule has 1 saturated heterocycles. The van der Waals surface area contributed by atoms with E-state index in [-0.39, 0.29) is 17.6 Å². The van der Waals surface area contributed by atoms with Crippen LogP contribution in [0.15, 0.2) is 82.7 Å². The standard InChI is InChI=1S/C31H31N3O4S/c1-2-24-8-6-7-11-28(24)32-31-33(25-9-4-3-5-10-25)30(35)29(39-31)20-22-14-18-27(19-15-22)38-21-23-12-16-26(17-13-23)34(36)37/h6-8,11-20,25H,2-5,9-10,21H2,1H3/b29-20+,32-31?. The second-order valence-electron chi connectivity index (χ2n) is 9.74. The van der Waals surface area contributed by atoms with Crippen molar-refractivity contribution in [3.8, 4) is 5.75 Å². The first-order valence-corrected chi connectivity index (χ1v) is 14.2. The number of aryl methyl sites for hydroxylation is 1. The summed E-state index contributed by atoms with van der Waals surface area (Å²) in [6, 6.07) is 22.2. The van der Waals surface area contributed by atoms with E-state index in [1.807, 2.05) is 53.4 Å². The predicted molar refractivity (Wildman–Crippen MR) is 156 cm³/mol. The number of aliphatic imine (C=N–C) groups is 1. The third-order valence-corrected chi connectivity index (χ3v) is 8.08. The SMILES string of the molecule is CCc1ccccc1N=C1S/C(=C/c2ccc(OCc3ccc([N+](=O)[O-])cc3)cc2)C(=O)N1C1CCCCC1. The van der Waals surface area contributed by atoms with Crippen LogP contribution in [-0.4, -0.2) is 26.9 Å². The molecule has 0 atom stereocenters. The van der Waals surface area contributed by atoms with Gasteiger partial charge in [0.25, 0.3) is 11.6 Å². The van der Waals surface area contributed by atoms with E-state index in [4.69, 9.17) is 9.73 Å². The average molecular weight is 542 g/mol. The van der Waals surface area contributed by atoms with Gasteiger partial charge in [0.1, 0.15) is 12.4 Å². The van der Waals surface area contributed by atoms with Crippen molar-refractivity contribution in [2.45, 2.75) is 58.1 Å². The second kappa shape index (κ2) is 12.3. The number of amides is 1. The lowest BCUT2D eigenvalue weighted by molar-refractivity contribution is -0.384. The molecule has 2 fully saturated rings. The minimum atomic E-state index is -0.418. The number of rotatable bonds is 8. The van der Waals surface area contributed by atoms with Gasteiger partial charge >= 0.3 is 0 Å². The Labute approximate surface area is 232 Å². The first kappa shape index (κ1) is 26.7. The van der Waals surface area contributed by atoms with E-state index in [0.29, 0.717) is 17.3 Å². The molecule has 0 N–H and O–H groups in total. The minimum Gasteiger partial charge on any atom is -0.489 e. The number of nitro benzene ring substituents is 1. The lowest BCUT2D eigenvalue weighted by Crippen LogP contribution is -2.40. The van der Waals surface area contributed by atoms with Gasteiger partial charge in [-0.25, -0.2) is 4.99 Å². The fraction of sp³-hybridized carbons (Fsp3) is 0.290. The van der Waals surface area contributed by atoms with Gasteiger partial charge in [-0.15, -0.1) is 0 Å². The van der Waals surface area contributed by atoms with Crippen LogP contribution in [0.5, 0.6) is 5.75 Å². The molecule has 3 aromatic rings. The molecule has 0 radical (unpaired) electrons. The Kier molecular flexibility index (Phi) is 8.42. The smallest absolute Gasteiger partial charge is 0.269 e. The van der Waals surface area contributed by atoms with Gasteiger partial charge in [-0.05, 0) is 84.1 Å². The Morgan fingerprint density at radius 3 is 2.44 bits per heavy atom. The van der Waals surface area contributed by atoms with Gasteiger partial charge in [0.15, 0.2) is 5.17 Å². The Bertz CT molecular complexity index is 1390. The highest BCUT2D eigenvalue weighted by Crippen LogP contribution is 2.39. The van der Waals surface area contributed by atoms with Crippen LogP contribution in [0.3, 0.4) is 0 Å². The van der Waals surface area contributed by atoms with Crippen molar-refractivity contribution in [3.05, 3.63) is 105 Å². The summed E-state index contributed by atoms with van der Waals surface area (Å²) >= 11 is 1.45. The maximum Gasteiger partial charge on any atom is 0.269 e. The monoisotopic (exact) mass is 541 g/mol. The molecule has 5 rings (SSSR count). The largest absolute Gasteiger partial charge is 0.489 e. The van der Waals surface area contributed by atoms with Crippen molar-refractivity contribution >= 4 is 40.3 Å². The molecule has 3 aromatic carbocycles. The van der Waals surface area contributed by atoms with E-state index >= 15 is 0 Å². The van der Waals surface area contributed by atoms with E-state index in [2.05, 4.69) is 13.0 Å². The molecule has 2 aliphatic rings. The van der Waals surface area contributed by atoms with E-state index in [0.717, 1.165) is 54.1 Å². The molecule has 1 aliphatic heterocycles. The van der Waals surface area contributed by atoms with Crippen LogP contribution in [0.25, 0.3) is 6.08 Å². The summed E-state index contributed by atoms with van der Waals surface area (Å²) < 4.78 is 5.85. The summed E-state index contributed by atoms with van der Waals surface area (Å²) in [4.78, 5) is 31.7. The molecule has 0 aromatic heterocycles. The zero-order chi connectivity index (χ0) is 27.2. The minimum absolute atomic E-state index is 0.0260. The van der Waals surface area contributed by atoms with Gasteiger partial charge in [-0.1, -0.05) is 56.5 Å². The lowest BCUT2D eigenvalue weighted by atomic mass is 9.94. The number of amidine groups is 1. The third kappa shape index (κ3) is 6.40. The second-order valence-corrected chi connectivity index (χ2v) is 10.7. The van der Waals surface area contributed by atoms with Crippen LogP contribution in [0, 0.1) is 10.1 Å². The molecule has 0 bridgehead atoms. The van der Waals surface area contributed by atoms with E-state index in [1.54, 1.807) is 12.1 Å². The highest BCUT2D eigenvalue weighted by molar-refractivity contribution is 8.18. The maximum atomic E-state index is 13.6. The number of benzene rings is 3. The Balaban J connectivity index is 1.33. The van der Waals surface area contributed by atoms with Crippen molar-refractivity contribution in [1.82, 2.24) is 4.90 Å². The summed E-state index contributed by atoms with van der Waals surface area (Å²) in [6.45, 7) is 2.43. The van der Waals surface area contributed by atoms with Gasteiger partial charge < -0.3 is 4.74 Å². The first-order valence-electron chi connectivity index (χ1n) is 13.4. The number of nitrogens with zero attached hydrogens (tertiary/aromatic N) is 3. The van der Waals surface area contributed by atoms with Crippen molar-refractivity contribution in [2.75, 3.05) is 0 Å². The number of non-ortho nitro benzene ring substituents is 1. The zero-order valence-electron chi connectivity index (χ0n) is 21.9. The molecule has 7 nitrogen and oxygen atoms in total. The highest BCUT2D eigenvalue weighted by Gasteiger charge is 2.38. The van der Waals surface area contributed by atoms with E-state index in [1.165, 1.54) is 35.9 Å². The number of nitro groups is 1. The van der Waals surface area contributed by atoms with Crippen molar-refractivity contribution in [1.29, 1.82) is 0 Å². The Morgan fingerprint density at radius 1 is 1.03 bits per heavy atom. The zero-order valence-corrected chi connectivity index (χ0v) is 22.7. The average Bonchev–Trinajstić information content (AvgIpc) is 3.27. The molecule has 8 heteroatoms. The molecular weight excluding hydrogens is 510 g/mol. The summed E-state index contributed by atoms with van der Waals surface area (Å²) in [5, 5.41) is 11.6. The number of hydrogen-bond donors (Lipinski definition) is 0. The topological polar surface area (TPSA) is 85.0 Å². The molecule has 1 aliphatic carbocycles. The van der Waals surface area contributed by atoms with Gasteiger partial charge in [-0.3, -0.25) is 19.8 Å².